The Hall–Kier alpha value is -2.77. The lowest BCUT2D eigenvalue weighted by Crippen LogP contribution is -2.10. The number of anilines is 2. The van der Waals surface area contributed by atoms with Crippen molar-refractivity contribution in [3.8, 4) is 22.4 Å². The fourth-order valence-electron chi connectivity index (χ4n) is 3.94. The van der Waals surface area contributed by atoms with Crippen LogP contribution in [-0.2, 0) is 6.42 Å². The topological polar surface area (TPSA) is 80.8 Å². The maximum Gasteiger partial charge on any atom is 0.165 e. The van der Waals surface area contributed by atoms with Gasteiger partial charge in [0, 0.05) is 35.9 Å². The normalized spacial score (nSPS) is 10.8. The fraction of sp³-hybridized carbons (Fsp3) is 0.280. The molecule has 0 atom stereocenters. The van der Waals surface area contributed by atoms with Crippen molar-refractivity contribution in [2.75, 3.05) is 24.7 Å². The summed E-state index contributed by atoms with van der Waals surface area (Å²) in [5.74, 6) is 1.35. The van der Waals surface area contributed by atoms with Crippen LogP contribution < -0.4 is 10.6 Å². The van der Waals surface area contributed by atoms with Crippen LogP contribution in [0.2, 0.25) is 0 Å². The van der Waals surface area contributed by atoms with Crippen molar-refractivity contribution in [2.45, 2.75) is 32.6 Å². The number of benzene rings is 1. The van der Waals surface area contributed by atoms with Crippen LogP contribution in [0.15, 0.2) is 53.4 Å². The molecule has 0 aliphatic rings. The lowest BCUT2D eigenvalue weighted by atomic mass is 9.90. The minimum Gasteiger partial charge on any atom is -0.383 e. The summed E-state index contributed by atoms with van der Waals surface area (Å²) in [6.07, 6.45) is 7.61. The fourth-order valence-corrected chi connectivity index (χ4v) is 4.34. The summed E-state index contributed by atoms with van der Waals surface area (Å²) in [5.41, 5.74) is 12.1. The van der Waals surface area contributed by atoms with Crippen molar-refractivity contribution >= 4 is 51.0 Å². The van der Waals surface area contributed by atoms with Gasteiger partial charge in [0.05, 0.1) is 11.1 Å². The maximum atomic E-state index is 6.38. The lowest BCUT2D eigenvalue weighted by molar-refractivity contribution is 0.718. The van der Waals surface area contributed by atoms with Gasteiger partial charge in [-0.15, -0.1) is 12.4 Å². The first-order valence-electron chi connectivity index (χ1n) is 10.8. The van der Waals surface area contributed by atoms with Gasteiger partial charge in [-0.2, -0.15) is 0 Å². The zero-order valence-electron chi connectivity index (χ0n) is 19.0. The Kier molecular flexibility index (Phi) is 8.21. The van der Waals surface area contributed by atoms with E-state index in [9.17, 15) is 0 Å². The molecule has 3 aromatic heterocycles. The van der Waals surface area contributed by atoms with Gasteiger partial charge >= 0.3 is 0 Å². The van der Waals surface area contributed by atoms with Crippen LogP contribution in [0.4, 0.5) is 11.6 Å². The highest BCUT2D eigenvalue weighted by Crippen LogP contribution is 2.39. The maximum absolute atomic E-state index is 6.38. The first-order chi connectivity index (χ1) is 15.5. The van der Waals surface area contributed by atoms with Crippen molar-refractivity contribution < 1.29 is 0 Å². The predicted molar refractivity (Wildman–Crippen MR) is 143 cm³/mol. The SMILES string of the molecule is CCCCCc1c(-c2ccc(N(C)C)nc2)nc2ncnc(N)c2c1-c1cccc(Br)c1.Cl. The van der Waals surface area contributed by atoms with Gasteiger partial charge in [-0.05, 0) is 48.2 Å². The van der Waals surface area contributed by atoms with E-state index in [0.29, 0.717) is 11.5 Å². The second-order valence-corrected chi connectivity index (χ2v) is 8.95. The van der Waals surface area contributed by atoms with Crippen molar-refractivity contribution in [1.82, 2.24) is 19.9 Å². The Bertz CT molecular complexity index is 1240. The number of rotatable bonds is 7. The van der Waals surface area contributed by atoms with E-state index in [2.05, 4.69) is 56.0 Å². The van der Waals surface area contributed by atoms with Crippen LogP contribution in [0.3, 0.4) is 0 Å². The molecule has 0 aliphatic carbocycles. The third-order valence-electron chi connectivity index (χ3n) is 5.54. The van der Waals surface area contributed by atoms with Gasteiger partial charge in [0.2, 0.25) is 0 Å². The molecule has 0 saturated heterocycles. The molecule has 0 saturated carbocycles. The first kappa shape index (κ1) is 24.9. The van der Waals surface area contributed by atoms with Crippen LogP contribution in [0, 0.1) is 0 Å². The first-order valence-corrected chi connectivity index (χ1v) is 11.6. The Balaban J connectivity index is 0.00000306. The Morgan fingerprint density at radius 1 is 1.00 bits per heavy atom. The van der Waals surface area contributed by atoms with Crippen LogP contribution >= 0.6 is 28.3 Å². The molecule has 0 unspecified atom stereocenters. The molecule has 0 aliphatic heterocycles. The van der Waals surface area contributed by atoms with Crippen molar-refractivity contribution in [3.63, 3.8) is 0 Å². The minimum absolute atomic E-state index is 0. The van der Waals surface area contributed by atoms with Crippen molar-refractivity contribution in [1.29, 1.82) is 0 Å². The quantitative estimate of drug-likeness (QED) is 0.283. The predicted octanol–water partition coefficient (Wildman–Crippen LogP) is 6.32. The van der Waals surface area contributed by atoms with Gasteiger partial charge in [0.15, 0.2) is 5.65 Å². The number of hydrogen-bond donors (Lipinski definition) is 1. The third kappa shape index (κ3) is 5.25. The molecule has 2 N–H and O–H groups in total. The number of halogens is 2. The number of nitrogens with two attached hydrogens (primary N) is 1. The second kappa shape index (κ2) is 10.9. The molecule has 1 aromatic carbocycles. The molecule has 0 fully saturated rings. The summed E-state index contributed by atoms with van der Waals surface area (Å²) < 4.78 is 1.01. The second-order valence-electron chi connectivity index (χ2n) is 8.04. The largest absolute Gasteiger partial charge is 0.383 e. The molecule has 0 spiro atoms. The number of aromatic nitrogens is 4. The zero-order valence-corrected chi connectivity index (χ0v) is 21.4. The van der Waals surface area contributed by atoms with E-state index >= 15 is 0 Å². The third-order valence-corrected chi connectivity index (χ3v) is 6.03. The highest BCUT2D eigenvalue weighted by molar-refractivity contribution is 9.10. The Labute approximate surface area is 209 Å². The number of pyridine rings is 2. The molecule has 3 heterocycles. The molecular weight excluding hydrogens is 500 g/mol. The molecular formula is C25H28BrClN6. The number of nitrogens with zero attached hydrogens (tertiary/aromatic N) is 5. The summed E-state index contributed by atoms with van der Waals surface area (Å²) in [5, 5.41) is 0.804. The number of hydrogen-bond acceptors (Lipinski definition) is 6. The van der Waals surface area contributed by atoms with Gasteiger partial charge in [-0.3, -0.25) is 0 Å². The van der Waals surface area contributed by atoms with Gasteiger partial charge in [-0.1, -0.05) is 47.8 Å². The standard InChI is InChI=1S/C25H27BrN6.ClH/c1-4-5-6-10-19-21(16-8-7-9-18(26)13-16)22-24(27)29-15-30-25(22)31-23(19)17-11-12-20(28-14-17)32(2)3;/h7-9,11-15H,4-6,10H2,1-3H3,(H2,27,29,30,31);1H. The summed E-state index contributed by atoms with van der Waals surface area (Å²) >= 11 is 3.62. The number of unbranched alkanes of at least 4 members (excludes halogenated alkanes) is 2. The number of nitrogen functional groups attached to an aromatic ring is 1. The smallest absolute Gasteiger partial charge is 0.165 e. The minimum atomic E-state index is 0. The summed E-state index contributed by atoms with van der Waals surface area (Å²) in [6.45, 7) is 2.21. The van der Waals surface area contributed by atoms with Gasteiger partial charge in [0.1, 0.15) is 18.0 Å². The molecule has 8 heteroatoms. The summed E-state index contributed by atoms with van der Waals surface area (Å²) in [6, 6.07) is 12.4. The van der Waals surface area contributed by atoms with Crippen molar-refractivity contribution in [3.05, 3.63) is 59.0 Å². The molecule has 4 rings (SSSR count). The van der Waals surface area contributed by atoms with E-state index in [0.717, 1.165) is 69.3 Å². The highest BCUT2D eigenvalue weighted by atomic mass is 79.9. The number of fused-ring (bicyclic) bond motifs is 1. The molecule has 0 amide bonds. The van der Waals surface area contributed by atoms with Gasteiger partial charge < -0.3 is 10.6 Å². The molecule has 6 nitrogen and oxygen atoms in total. The van der Waals surface area contributed by atoms with Crippen LogP contribution in [-0.4, -0.2) is 34.0 Å². The Morgan fingerprint density at radius 2 is 1.82 bits per heavy atom. The van der Waals surface area contributed by atoms with E-state index < -0.39 is 0 Å². The average molecular weight is 528 g/mol. The molecule has 4 aromatic rings. The van der Waals surface area contributed by atoms with E-state index in [1.54, 1.807) is 0 Å². The Morgan fingerprint density at radius 3 is 2.48 bits per heavy atom. The van der Waals surface area contributed by atoms with Crippen molar-refractivity contribution in [2.24, 2.45) is 0 Å². The van der Waals surface area contributed by atoms with Gasteiger partial charge in [-0.25, -0.2) is 19.9 Å². The average Bonchev–Trinajstić information content (AvgIpc) is 2.79. The van der Waals surface area contributed by atoms with E-state index in [4.69, 9.17) is 10.7 Å². The van der Waals surface area contributed by atoms with Crippen LogP contribution in [0.5, 0.6) is 0 Å². The lowest BCUT2D eigenvalue weighted by Gasteiger charge is -2.19. The van der Waals surface area contributed by atoms with E-state index in [1.165, 1.54) is 6.33 Å². The van der Waals surface area contributed by atoms with Crippen LogP contribution in [0.1, 0.15) is 31.7 Å². The molecule has 0 radical (unpaired) electrons. The molecule has 33 heavy (non-hydrogen) atoms. The van der Waals surface area contributed by atoms with E-state index in [-0.39, 0.29) is 12.4 Å². The summed E-state index contributed by atoms with van der Waals surface area (Å²) in [4.78, 5) is 20.3. The monoisotopic (exact) mass is 526 g/mol. The molecule has 172 valence electrons. The highest BCUT2D eigenvalue weighted by Gasteiger charge is 2.21. The van der Waals surface area contributed by atoms with Crippen LogP contribution in [0.25, 0.3) is 33.4 Å². The van der Waals surface area contributed by atoms with E-state index in [1.807, 2.05) is 43.4 Å². The molecule has 0 bridgehead atoms. The summed E-state index contributed by atoms with van der Waals surface area (Å²) in [7, 11) is 3.97. The van der Waals surface area contributed by atoms with Gasteiger partial charge in [0.25, 0.3) is 0 Å². The zero-order chi connectivity index (χ0) is 22.7.